The molecule has 2 saturated carbocycles. The molecule has 2 fully saturated rings. The van der Waals surface area contributed by atoms with Crippen molar-refractivity contribution >= 4 is 16.0 Å². The zero-order valence-electron chi connectivity index (χ0n) is 10.6. The van der Waals surface area contributed by atoms with Crippen LogP contribution in [0.15, 0.2) is 0 Å². The summed E-state index contributed by atoms with van der Waals surface area (Å²) in [6.07, 6.45) is 3.41. The maximum atomic E-state index is 12.0. The molecule has 6 nitrogen and oxygen atoms in total. The Morgan fingerprint density at radius 3 is 2.32 bits per heavy atom. The van der Waals surface area contributed by atoms with Gasteiger partial charge in [0.2, 0.25) is 10.0 Å². The first-order valence-electron chi connectivity index (χ1n) is 6.50. The molecule has 0 aromatic carbocycles. The first-order chi connectivity index (χ1) is 8.86. The van der Waals surface area contributed by atoms with E-state index in [1.54, 1.807) is 0 Å². The van der Waals surface area contributed by atoms with Gasteiger partial charge in [0.1, 0.15) is 0 Å². The van der Waals surface area contributed by atoms with Gasteiger partial charge in [-0.3, -0.25) is 4.79 Å². The van der Waals surface area contributed by atoms with Gasteiger partial charge in [-0.1, -0.05) is 0 Å². The summed E-state index contributed by atoms with van der Waals surface area (Å²) < 4.78 is 26.5. The van der Waals surface area contributed by atoms with Crippen LogP contribution in [0.3, 0.4) is 0 Å². The van der Waals surface area contributed by atoms with Gasteiger partial charge in [0.15, 0.2) is 0 Å². The van der Waals surface area contributed by atoms with Crippen molar-refractivity contribution in [3.63, 3.8) is 0 Å². The molecule has 0 saturated heterocycles. The molecule has 2 aliphatic rings. The van der Waals surface area contributed by atoms with Gasteiger partial charge in [0.05, 0.1) is 23.2 Å². The van der Waals surface area contributed by atoms with Gasteiger partial charge in [-0.15, -0.1) is 0 Å². The van der Waals surface area contributed by atoms with Crippen molar-refractivity contribution in [1.82, 2.24) is 4.72 Å². The average Bonchev–Trinajstić information content (AvgIpc) is 3.08. The molecule has 2 aliphatic carbocycles. The predicted octanol–water partition coefficient (Wildman–Crippen LogP) is 0.853. The molecule has 2 N–H and O–H groups in total. The zero-order chi connectivity index (χ0) is 14.1. The van der Waals surface area contributed by atoms with Crippen LogP contribution in [0.4, 0.5) is 0 Å². The summed E-state index contributed by atoms with van der Waals surface area (Å²) in [7, 11) is -3.45. The Kier molecular flexibility index (Phi) is 3.83. The number of carboxylic acids is 1. The summed E-state index contributed by atoms with van der Waals surface area (Å²) in [5.74, 6) is -1.28. The van der Waals surface area contributed by atoms with Crippen LogP contribution in [0.1, 0.15) is 38.5 Å². The molecule has 0 heterocycles. The van der Waals surface area contributed by atoms with E-state index in [2.05, 4.69) is 10.8 Å². The number of nitrogens with zero attached hydrogens (tertiary/aromatic N) is 1. The normalized spacial score (nSPS) is 29.4. The fourth-order valence-electron chi connectivity index (χ4n) is 2.56. The molecule has 19 heavy (non-hydrogen) atoms. The summed E-state index contributed by atoms with van der Waals surface area (Å²) >= 11 is 0. The standard InChI is InChI=1S/C12H18N2O4S/c13-7-12(5-6-12)8-19(17,18)14-10-3-1-9(2-4-10)11(15)16/h9-10,14H,1-6,8H2,(H,15,16). The van der Waals surface area contributed by atoms with Crippen LogP contribution in [0.5, 0.6) is 0 Å². The molecule has 0 atom stereocenters. The summed E-state index contributed by atoms with van der Waals surface area (Å²) in [4.78, 5) is 10.8. The number of sulfonamides is 1. The molecule has 0 amide bonds. The maximum absolute atomic E-state index is 12.0. The summed E-state index contributed by atoms with van der Waals surface area (Å²) in [6.45, 7) is 0. The molecule has 106 valence electrons. The second kappa shape index (κ2) is 5.10. The van der Waals surface area contributed by atoms with Crippen molar-refractivity contribution in [2.45, 2.75) is 44.6 Å². The molecule has 0 aliphatic heterocycles. The SMILES string of the molecule is N#CC1(CS(=O)(=O)NC2CCC(C(=O)O)CC2)CC1. The van der Waals surface area contributed by atoms with Crippen LogP contribution >= 0.6 is 0 Å². The second-order valence-corrected chi connectivity index (χ2v) is 7.41. The van der Waals surface area contributed by atoms with Crippen molar-refractivity contribution in [2.24, 2.45) is 11.3 Å². The minimum absolute atomic E-state index is 0.130. The van der Waals surface area contributed by atoms with Crippen LogP contribution in [-0.4, -0.2) is 31.3 Å². The zero-order valence-corrected chi connectivity index (χ0v) is 11.4. The third-order valence-corrected chi connectivity index (χ3v) is 5.60. The highest BCUT2D eigenvalue weighted by atomic mass is 32.2. The number of carboxylic acid groups (broad SMARTS) is 1. The number of nitriles is 1. The Hall–Kier alpha value is -1.13. The molecular weight excluding hydrogens is 268 g/mol. The van der Waals surface area contributed by atoms with E-state index in [1.807, 2.05) is 0 Å². The van der Waals surface area contributed by atoms with Crippen LogP contribution in [0.2, 0.25) is 0 Å². The van der Waals surface area contributed by atoms with E-state index < -0.39 is 21.4 Å². The molecule has 0 aromatic heterocycles. The lowest BCUT2D eigenvalue weighted by atomic mass is 9.87. The molecule has 2 rings (SSSR count). The van der Waals surface area contributed by atoms with Crippen molar-refractivity contribution in [2.75, 3.05) is 5.75 Å². The largest absolute Gasteiger partial charge is 0.481 e. The lowest BCUT2D eigenvalue weighted by Gasteiger charge is -2.26. The third-order valence-electron chi connectivity index (χ3n) is 3.98. The predicted molar refractivity (Wildman–Crippen MR) is 67.6 cm³/mol. The lowest BCUT2D eigenvalue weighted by molar-refractivity contribution is -0.142. The molecular formula is C12H18N2O4S. The van der Waals surface area contributed by atoms with E-state index in [4.69, 9.17) is 10.4 Å². The number of nitrogens with one attached hydrogen (secondary N) is 1. The quantitative estimate of drug-likeness (QED) is 0.779. The third kappa shape index (κ3) is 3.67. The van der Waals surface area contributed by atoms with Crippen LogP contribution in [0.25, 0.3) is 0 Å². The molecule has 0 bridgehead atoms. The van der Waals surface area contributed by atoms with E-state index >= 15 is 0 Å². The van der Waals surface area contributed by atoms with Gasteiger partial charge >= 0.3 is 5.97 Å². The van der Waals surface area contributed by atoms with Gasteiger partial charge in [-0.2, -0.15) is 5.26 Å². The maximum Gasteiger partial charge on any atom is 0.306 e. The summed E-state index contributed by atoms with van der Waals surface area (Å²) in [5, 5.41) is 17.8. The van der Waals surface area contributed by atoms with Gasteiger partial charge < -0.3 is 5.11 Å². The lowest BCUT2D eigenvalue weighted by Crippen LogP contribution is -2.41. The highest BCUT2D eigenvalue weighted by Crippen LogP contribution is 2.45. The number of rotatable bonds is 5. The minimum atomic E-state index is -3.45. The van der Waals surface area contributed by atoms with E-state index in [0.29, 0.717) is 38.5 Å². The second-order valence-electron chi connectivity index (χ2n) is 5.66. The van der Waals surface area contributed by atoms with E-state index in [1.165, 1.54) is 0 Å². The van der Waals surface area contributed by atoms with Crippen LogP contribution < -0.4 is 4.72 Å². The average molecular weight is 286 g/mol. The Morgan fingerprint density at radius 1 is 1.32 bits per heavy atom. The molecule has 0 unspecified atom stereocenters. The topological polar surface area (TPSA) is 107 Å². The fourth-order valence-corrected chi connectivity index (χ4v) is 4.46. The summed E-state index contributed by atoms with van der Waals surface area (Å²) in [6, 6.07) is 1.89. The van der Waals surface area contributed by atoms with E-state index in [0.717, 1.165) is 0 Å². The Bertz CT molecular complexity index is 496. The fraction of sp³-hybridized carbons (Fsp3) is 0.833. The molecule has 0 aromatic rings. The van der Waals surface area contributed by atoms with E-state index in [9.17, 15) is 13.2 Å². The number of carbonyl (C=O) groups is 1. The van der Waals surface area contributed by atoms with Gasteiger partial charge in [0, 0.05) is 6.04 Å². The Balaban J connectivity index is 1.85. The molecule has 0 radical (unpaired) electrons. The van der Waals surface area contributed by atoms with Gasteiger partial charge in [0.25, 0.3) is 0 Å². The Labute approximate surface area is 112 Å². The first-order valence-corrected chi connectivity index (χ1v) is 8.15. The smallest absolute Gasteiger partial charge is 0.306 e. The van der Waals surface area contributed by atoms with Crippen LogP contribution in [0, 0.1) is 22.7 Å². The Morgan fingerprint density at radius 2 is 1.89 bits per heavy atom. The highest BCUT2D eigenvalue weighted by molar-refractivity contribution is 7.89. The van der Waals surface area contributed by atoms with Crippen molar-refractivity contribution < 1.29 is 18.3 Å². The molecule has 0 spiro atoms. The van der Waals surface area contributed by atoms with Crippen molar-refractivity contribution in [1.29, 1.82) is 5.26 Å². The van der Waals surface area contributed by atoms with Crippen molar-refractivity contribution in [3.8, 4) is 6.07 Å². The number of hydrogen-bond acceptors (Lipinski definition) is 4. The minimum Gasteiger partial charge on any atom is -0.481 e. The number of aliphatic carboxylic acids is 1. The molecule has 7 heteroatoms. The van der Waals surface area contributed by atoms with Crippen molar-refractivity contribution in [3.05, 3.63) is 0 Å². The van der Waals surface area contributed by atoms with Gasteiger partial charge in [-0.25, -0.2) is 13.1 Å². The summed E-state index contributed by atoms with van der Waals surface area (Å²) in [5.41, 5.74) is -0.676. The first kappa shape index (κ1) is 14.3. The number of hydrogen-bond donors (Lipinski definition) is 2. The van der Waals surface area contributed by atoms with E-state index in [-0.39, 0.29) is 17.7 Å². The van der Waals surface area contributed by atoms with Gasteiger partial charge in [-0.05, 0) is 38.5 Å². The van der Waals surface area contributed by atoms with Crippen LogP contribution in [-0.2, 0) is 14.8 Å². The highest BCUT2D eigenvalue weighted by Gasteiger charge is 2.47. The monoisotopic (exact) mass is 286 g/mol.